The van der Waals surface area contributed by atoms with Gasteiger partial charge in [0.05, 0.1) is 0 Å². The maximum absolute atomic E-state index is 4.66. The molecule has 0 N–H and O–H groups in total. The van der Waals surface area contributed by atoms with Crippen molar-refractivity contribution in [3.63, 3.8) is 0 Å². The zero-order valence-corrected chi connectivity index (χ0v) is 20.7. The Morgan fingerprint density at radius 1 is 0.844 bits per heavy atom. The van der Waals surface area contributed by atoms with E-state index in [2.05, 4.69) is 120 Å². The Labute approximate surface area is 193 Å². The molecular weight excluding hydrogens is 388 g/mol. The van der Waals surface area contributed by atoms with Crippen LogP contribution < -0.4 is 4.57 Å². The Morgan fingerprint density at radius 3 is 2.19 bits per heavy atom. The Morgan fingerprint density at radius 2 is 1.56 bits per heavy atom. The molecule has 2 aromatic carbocycles. The molecule has 0 aliphatic carbocycles. The van der Waals surface area contributed by atoms with E-state index in [-0.39, 0.29) is 5.41 Å². The number of pyridine rings is 2. The summed E-state index contributed by atoms with van der Waals surface area (Å²) in [5, 5.41) is 2.50. The molecule has 4 rings (SSSR count). The van der Waals surface area contributed by atoms with E-state index in [1.807, 2.05) is 6.20 Å². The molecule has 0 aliphatic rings. The predicted molar refractivity (Wildman–Crippen MR) is 136 cm³/mol. The van der Waals surface area contributed by atoms with Crippen molar-refractivity contribution >= 4 is 10.8 Å². The average molecular weight is 424 g/mol. The standard InChI is InChI=1S/C30H35N2/c1-19(2)28-12-11-23(17-31-28)22-9-10-24-18-32(8)29(15-25(24)14-22)27-16-26(30(5,6)7)13-20(3)21(27)4/h9-19H,1-8H3/q+1. The van der Waals surface area contributed by atoms with Crippen LogP contribution in [0, 0.1) is 13.8 Å². The number of hydrogen-bond acceptors (Lipinski definition) is 1. The molecule has 164 valence electrons. The smallest absolute Gasteiger partial charge is 0.213 e. The van der Waals surface area contributed by atoms with E-state index in [1.165, 1.54) is 44.3 Å². The first kappa shape index (κ1) is 22.2. The Balaban J connectivity index is 1.85. The zero-order valence-electron chi connectivity index (χ0n) is 20.7. The van der Waals surface area contributed by atoms with Crippen molar-refractivity contribution in [3.05, 3.63) is 83.3 Å². The second-order valence-electron chi connectivity index (χ2n) is 10.5. The first-order valence-electron chi connectivity index (χ1n) is 11.6. The molecular formula is C30H35N2+. The number of nitrogens with zero attached hydrogens (tertiary/aromatic N) is 2. The van der Waals surface area contributed by atoms with Crippen LogP contribution in [0.4, 0.5) is 0 Å². The molecule has 4 aromatic rings. The van der Waals surface area contributed by atoms with Crippen LogP contribution in [-0.4, -0.2) is 4.98 Å². The Kier molecular flexibility index (Phi) is 5.67. The quantitative estimate of drug-likeness (QED) is 0.313. The summed E-state index contributed by atoms with van der Waals surface area (Å²) in [6, 6.07) is 18.1. The van der Waals surface area contributed by atoms with Crippen molar-refractivity contribution in [3.8, 4) is 22.4 Å². The molecule has 2 nitrogen and oxygen atoms in total. The molecule has 0 aliphatic heterocycles. The third-order valence-electron chi connectivity index (χ3n) is 6.61. The van der Waals surface area contributed by atoms with E-state index >= 15 is 0 Å². The van der Waals surface area contributed by atoms with Crippen molar-refractivity contribution in [2.45, 2.75) is 59.8 Å². The summed E-state index contributed by atoms with van der Waals surface area (Å²) in [4.78, 5) is 4.66. The highest BCUT2D eigenvalue weighted by atomic mass is 14.9. The van der Waals surface area contributed by atoms with E-state index in [1.54, 1.807) is 0 Å². The molecule has 0 saturated carbocycles. The lowest BCUT2D eigenvalue weighted by molar-refractivity contribution is -0.659. The molecule has 0 amide bonds. The minimum Gasteiger partial charge on any atom is -0.260 e. The van der Waals surface area contributed by atoms with Crippen LogP contribution in [0.1, 0.15) is 62.9 Å². The molecule has 0 unspecified atom stereocenters. The molecule has 0 radical (unpaired) electrons. The van der Waals surface area contributed by atoms with Crippen molar-refractivity contribution in [2.24, 2.45) is 7.05 Å². The van der Waals surface area contributed by atoms with Crippen LogP contribution in [0.25, 0.3) is 33.2 Å². The average Bonchev–Trinajstić information content (AvgIpc) is 2.74. The van der Waals surface area contributed by atoms with Crippen LogP contribution >= 0.6 is 0 Å². The van der Waals surface area contributed by atoms with E-state index in [4.69, 9.17) is 0 Å². The second kappa shape index (κ2) is 8.16. The van der Waals surface area contributed by atoms with Gasteiger partial charge in [-0.25, -0.2) is 4.57 Å². The normalized spacial score (nSPS) is 12.0. The summed E-state index contributed by atoms with van der Waals surface area (Å²) in [5.74, 6) is 0.443. The number of rotatable bonds is 3. The van der Waals surface area contributed by atoms with E-state index in [9.17, 15) is 0 Å². The maximum Gasteiger partial charge on any atom is 0.213 e. The monoisotopic (exact) mass is 423 g/mol. The second-order valence-corrected chi connectivity index (χ2v) is 10.5. The van der Waals surface area contributed by atoms with Gasteiger partial charge in [-0.3, -0.25) is 4.98 Å². The summed E-state index contributed by atoms with van der Waals surface area (Å²) >= 11 is 0. The minimum absolute atomic E-state index is 0.116. The fourth-order valence-electron chi connectivity index (χ4n) is 4.27. The van der Waals surface area contributed by atoms with E-state index in [0.717, 1.165) is 11.3 Å². The van der Waals surface area contributed by atoms with Gasteiger partial charge in [0, 0.05) is 34.5 Å². The molecule has 0 bridgehead atoms. The number of aryl methyl sites for hydroxylation is 2. The van der Waals surface area contributed by atoms with E-state index in [0.29, 0.717) is 5.92 Å². The van der Waals surface area contributed by atoms with Gasteiger partial charge in [0.15, 0.2) is 6.20 Å². The van der Waals surface area contributed by atoms with Crippen LogP contribution in [0.2, 0.25) is 0 Å². The molecule has 0 fully saturated rings. The van der Waals surface area contributed by atoms with Gasteiger partial charge in [0.25, 0.3) is 0 Å². The number of benzene rings is 2. The minimum atomic E-state index is 0.116. The SMILES string of the molecule is Cc1cc(C(C)(C)C)cc(-c2cc3cc(-c4ccc(C(C)C)nc4)ccc3c[n+]2C)c1C. The lowest BCUT2D eigenvalue weighted by Crippen LogP contribution is -2.31. The molecule has 2 aromatic heterocycles. The van der Waals surface area contributed by atoms with Gasteiger partial charge < -0.3 is 0 Å². The molecule has 0 atom stereocenters. The van der Waals surface area contributed by atoms with Crippen molar-refractivity contribution < 1.29 is 4.57 Å². The highest BCUT2D eigenvalue weighted by Gasteiger charge is 2.21. The number of aromatic nitrogens is 2. The lowest BCUT2D eigenvalue weighted by atomic mass is 9.83. The Bertz CT molecular complexity index is 1290. The summed E-state index contributed by atoms with van der Waals surface area (Å²) in [5.41, 5.74) is 10.2. The Hall–Kier alpha value is -3.00. The molecule has 2 heteroatoms. The van der Waals surface area contributed by atoms with Crippen LogP contribution in [0.5, 0.6) is 0 Å². The predicted octanol–water partition coefficient (Wildman–Crippen LogP) is 7.43. The number of fused-ring (bicyclic) bond motifs is 1. The maximum atomic E-state index is 4.66. The van der Waals surface area contributed by atoms with Crippen LogP contribution in [0.15, 0.2) is 60.9 Å². The van der Waals surface area contributed by atoms with Gasteiger partial charge in [0.2, 0.25) is 5.69 Å². The summed E-state index contributed by atoms with van der Waals surface area (Å²) < 4.78 is 2.26. The van der Waals surface area contributed by atoms with Gasteiger partial charge in [-0.15, -0.1) is 0 Å². The molecule has 0 saturated heterocycles. The molecule has 0 spiro atoms. The van der Waals surface area contributed by atoms with Gasteiger partial charge in [-0.2, -0.15) is 0 Å². The number of hydrogen-bond donors (Lipinski definition) is 0. The highest BCUT2D eigenvalue weighted by molar-refractivity contribution is 5.88. The lowest BCUT2D eigenvalue weighted by Gasteiger charge is -2.22. The van der Waals surface area contributed by atoms with Crippen LogP contribution in [-0.2, 0) is 12.5 Å². The van der Waals surface area contributed by atoms with Gasteiger partial charge >= 0.3 is 0 Å². The molecule has 2 heterocycles. The van der Waals surface area contributed by atoms with Crippen LogP contribution in [0.3, 0.4) is 0 Å². The highest BCUT2D eigenvalue weighted by Crippen LogP contribution is 2.33. The zero-order chi connectivity index (χ0) is 23.2. The van der Waals surface area contributed by atoms with Gasteiger partial charge in [-0.05, 0) is 77.1 Å². The van der Waals surface area contributed by atoms with Gasteiger partial charge in [0.1, 0.15) is 7.05 Å². The third-order valence-corrected chi connectivity index (χ3v) is 6.61. The largest absolute Gasteiger partial charge is 0.260 e. The fourth-order valence-corrected chi connectivity index (χ4v) is 4.27. The third kappa shape index (κ3) is 4.19. The van der Waals surface area contributed by atoms with Crippen molar-refractivity contribution in [2.75, 3.05) is 0 Å². The first-order valence-corrected chi connectivity index (χ1v) is 11.6. The summed E-state index contributed by atoms with van der Waals surface area (Å²) in [6.07, 6.45) is 4.24. The van der Waals surface area contributed by atoms with Gasteiger partial charge in [-0.1, -0.05) is 52.8 Å². The summed E-state index contributed by atoms with van der Waals surface area (Å²) in [7, 11) is 2.15. The van der Waals surface area contributed by atoms with E-state index < -0.39 is 0 Å². The first-order chi connectivity index (χ1) is 15.0. The topological polar surface area (TPSA) is 16.8 Å². The molecule has 32 heavy (non-hydrogen) atoms. The fraction of sp³-hybridized carbons (Fsp3) is 0.333. The summed E-state index contributed by atoms with van der Waals surface area (Å²) in [6.45, 7) is 15.7. The van der Waals surface area contributed by atoms with Crippen molar-refractivity contribution in [1.82, 2.24) is 4.98 Å². The van der Waals surface area contributed by atoms with Crippen molar-refractivity contribution in [1.29, 1.82) is 0 Å².